The average molecular weight is 330 g/mol. The SMILES string of the molecule is O=C(NCc1ccnc(OCC2CC2)c1)N1CCN(C2CC2)CC1. The number of amides is 2. The summed E-state index contributed by atoms with van der Waals surface area (Å²) in [6.45, 7) is 4.94. The Morgan fingerprint density at radius 3 is 2.71 bits per heavy atom. The zero-order valence-corrected chi connectivity index (χ0v) is 14.1. The summed E-state index contributed by atoms with van der Waals surface area (Å²) in [5.41, 5.74) is 1.03. The number of ether oxygens (including phenoxy) is 1. The number of carbonyl (C=O) groups excluding carboxylic acids is 1. The molecule has 2 saturated carbocycles. The van der Waals surface area contributed by atoms with Gasteiger partial charge in [0.15, 0.2) is 0 Å². The predicted octanol–water partition coefficient (Wildman–Crippen LogP) is 1.86. The molecule has 3 fully saturated rings. The van der Waals surface area contributed by atoms with Crippen LogP contribution in [0.5, 0.6) is 5.88 Å². The molecule has 2 amide bonds. The summed E-state index contributed by atoms with van der Waals surface area (Å²) in [5.74, 6) is 1.37. The fraction of sp³-hybridized carbons (Fsp3) is 0.667. The molecule has 3 aliphatic rings. The third kappa shape index (κ3) is 4.17. The summed E-state index contributed by atoms with van der Waals surface area (Å²) in [6.07, 6.45) is 6.95. The van der Waals surface area contributed by atoms with Crippen molar-refractivity contribution in [3.8, 4) is 5.88 Å². The van der Waals surface area contributed by atoms with Crippen molar-refractivity contribution in [3.05, 3.63) is 23.9 Å². The first kappa shape index (κ1) is 15.7. The van der Waals surface area contributed by atoms with E-state index in [4.69, 9.17) is 4.74 Å². The highest BCUT2D eigenvalue weighted by molar-refractivity contribution is 5.74. The van der Waals surface area contributed by atoms with Crippen molar-refractivity contribution in [3.63, 3.8) is 0 Å². The lowest BCUT2D eigenvalue weighted by Crippen LogP contribution is -2.52. The van der Waals surface area contributed by atoms with Gasteiger partial charge in [-0.15, -0.1) is 0 Å². The van der Waals surface area contributed by atoms with Gasteiger partial charge in [0, 0.05) is 51.0 Å². The maximum Gasteiger partial charge on any atom is 0.317 e. The van der Waals surface area contributed by atoms with Gasteiger partial charge in [-0.3, -0.25) is 4.90 Å². The molecule has 0 unspecified atom stereocenters. The van der Waals surface area contributed by atoms with Crippen LogP contribution in [0.3, 0.4) is 0 Å². The van der Waals surface area contributed by atoms with Crippen LogP contribution < -0.4 is 10.1 Å². The first-order valence-corrected chi connectivity index (χ1v) is 9.12. The summed E-state index contributed by atoms with van der Waals surface area (Å²) in [6, 6.07) is 4.67. The second-order valence-electron chi connectivity index (χ2n) is 7.17. The van der Waals surface area contributed by atoms with E-state index in [1.807, 2.05) is 17.0 Å². The molecule has 6 nitrogen and oxygen atoms in total. The fourth-order valence-electron chi connectivity index (χ4n) is 3.15. The van der Waals surface area contributed by atoms with Gasteiger partial charge in [-0.1, -0.05) is 0 Å². The van der Waals surface area contributed by atoms with E-state index in [0.29, 0.717) is 18.3 Å². The van der Waals surface area contributed by atoms with E-state index < -0.39 is 0 Å². The largest absolute Gasteiger partial charge is 0.477 e. The average Bonchev–Trinajstić information content (AvgIpc) is 3.51. The van der Waals surface area contributed by atoms with E-state index in [1.54, 1.807) is 6.20 Å². The lowest BCUT2D eigenvalue weighted by atomic mass is 10.2. The van der Waals surface area contributed by atoms with Crippen molar-refractivity contribution in [1.29, 1.82) is 0 Å². The van der Waals surface area contributed by atoms with Crippen molar-refractivity contribution in [1.82, 2.24) is 20.1 Å². The number of hydrogen-bond donors (Lipinski definition) is 1. The molecule has 1 aliphatic heterocycles. The Bertz CT molecular complexity index is 578. The summed E-state index contributed by atoms with van der Waals surface area (Å²) in [4.78, 5) is 21.0. The van der Waals surface area contributed by atoms with Gasteiger partial charge < -0.3 is 15.0 Å². The minimum Gasteiger partial charge on any atom is -0.477 e. The van der Waals surface area contributed by atoms with Crippen LogP contribution in [0.2, 0.25) is 0 Å². The van der Waals surface area contributed by atoms with Gasteiger partial charge in [0.2, 0.25) is 5.88 Å². The van der Waals surface area contributed by atoms with Crippen LogP contribution in [-0.4, -0.2) is 59.6 Å². The van der Waals surface area contributed by atoms with Crippen molar-refractivity contribution < 1.29 is 9.53 Å². The number of piperazine rings is 1. The molecule has 24 heavy (non-hydrogen) atoms. The lowest BCUT2D eigenvalue weighted by molar-refractivity contribution is 0.134. The maximum atomic E-state index is 12.3. The molecule has 1 aromatic heterocycles. The van der Waals surface area contributed by atoms with Gasteiger partial charge in [-0.2, -0.15) is 0 Å². The van der Waals surface area contributed by atoms with E-state index in [1.165, 1.54) is 25.7 Å². The first-order chi connectivity index (χ1) is 11.8. The van der Waals surface area contributed by atoms with E-state index in [-0.39, 0.29) is 6.03 Å². The number of urea groups is 1. The molecule has 2 heterocycles. The van der Waals surface area contributed by atoms with E-state index >= 15 is 0 Å². The minimum atomic E-state index is 0.0303. The highest BCUT2D eigenvalue weighted by Crippen LogP contribution is 2.29. The lowest BCUT2D eigenvalue weighted by Gasteiger charge is -2.34. The van der Waals surface area contributed by atoms with Crippen LogP contribution in [-0.2, 0) is 6.54 Å². The normalized spacial score (nSPS) is 21.6. The Balaban J connectivity index is 1.22. The van der Waals surface area contributed by atoms with Crippen LogP contribution >= 0.6 is 0 Å². The summed E-state index contributed by atoms with van der Waals surface area (Å²) >= 11 is 0. The second kappa shape index (κ2) is 6.97. The van der Waals surface area contributed by atoms with Crippen LogP contribution in [0.1, 0.15) is 31.2 Å². The second-order valence-corrected chi connectivity index (χ2v) is 7.17. The molecule has 0 aromatic carbocycles. The van der Waals surface area contributed by atoms with Crippen LogP contribution in [0, 0.1) is 5.92 Å². The van der Waals surface area contributed by atoms with Gasteiger partial charge >= 0.3 is 6.03 Å². The smallest absolute Gasteiger partial charge is 0.317 e. The van der Waals surface area contributed by atoms with Crippen LogP contribution in [0.4, 0.5) is 4.79 Å². The molecule has 130 valence electrons. The Labute approximate surface area is 143 Å². The highest BCUT2D eigenvalue weighted by Gasteiger charge is 2.32. The molecule has 6 heteroatoms. The number of nitrogens with zero attached hydrogens (tertiary/aromatic N) is 3. The third-order valence-electron chi connectivity index (χ3n) is 5.07. The van der Waals surface area contributed by atoms with Gasteiger partial charge in [0.25, 0.3) is 0 Å². The molecule has 1 aromatic rings. The summed E-state index contributed by atoms with van der Waals surface area (Å²) < 4.78 is 5.69. The molecule has 0 atom stereocenters. The first-order valence-electron chi connectivity index (χ1n) is 9.12. The fourth-order valence-corrected chi connectivity index (χ4v) is 3.15. The van der Waals surface area contributed by atoms with E-state index in [2.05, 4.69) is 15.2 Å². The summed E-state index contributed by atoms with van der Waals surface area (Å²) in [5, 5.41) is 3.02. The number of rotatable bonds is 6. The zero-order chi connectivity index (χ0) is 16.4. The molecule has 0 spiro atoms. The van der Waals surface area contributed by atoms with Gasteiger partial charge in [-0.25, -0.2) is 9.78 Å². The van der Waals surface area contributed by atoms with Crippen molar-refractivity contribution >= 4 is 6.03 Å². The van der Waals surface area contributed by atoms with Crippen LogP contribution in [0.15, 0.2) is 18.3 Å². The number of carbonyl (C=O) groups is 1. The molecular formula is C18H26N4O2. The van der Waals surface area contributed by atoms with Gasteiger partial charge in [0.05, 0.1) is 6.61 Å². The Hall–Kier alpha value is -1.82. The van der Waals surface area contributed by atoms with Crippen molar-refractivity contribution in [2.45, 2.75) is 38.3 Å². The third-order valence-corrected chi connectivity index (χ3v) is 5.07. The number of nitrogens with one attached hydrogen (secondary N) is 1. The summed E-state index contributed by atoms with van der Waals surface area (Å²) in [7, 11) is 0. The highest BCUT2D eigenvalue weighted by atomic mass is 16.5. The maximum absolute atomic E-state index is 12.3. The number of pyridine rings is 1. The van der Waals surface area contributed by atoms with Crippen LogP contribution in [0.25, 0.3) is 0 Å². The molecular weight excluding hydrogens is 304 g/mol. The molecule has 1 saturated heterocycles. The number of hydrogen-bond acceptors (Lipinski definition) is 4. The van der Waals surface area contributed by atoms with Gasteiger partial charge in [0.1, 0.15) is 0 Å². The quantitative estimate of drug-likeness (QED) is 0.865. The predicted molar refractivity (Wildman–Crippen MR) is 90.9 cm³/mol. The van der Waals surface area contributed by atoms with E-state index in [0.717, 1.165) is 44.4 Å². The van der Waals surface area contributed by atoms with Gasteiger partial charge in [-0.05, 0) is 43.2 Å². The van der Waals surface area contributed by atoms with Crippen molar-refractivity contribution in [2.75, 3.05) is 32.8 Å². The van der Waals surface area contributed by atoms with Crippen molar-refractivity contribution in [2.24, 2.45) is 5.92 Å². The Morgan fingerprint density at radius 2 is 2.00 bits per heavy atom. The zero-order valence-electron chi connectivity index (χ0n) is 14.1. The standard InChI is InChI=1S/C18H26N4O2/c23-18(22-9-7-21(8-10-22)16-3-4-16)20-12-15-5-6-19-17(11-15)24-13-14-1-2-14/h5-6,11,14,16H,1-4,7-10,12-13H2,(H,20,23). The Morgan fingerprint density at radius 1 is 1.21 bits per heavy atom. The minimum absolute atomic E-state index is 0.0303. The Kier molecular flexibility index (Phi) is 4.56. The number of aromatic nitrogens is 1. The molecule has 1 N–H and O–H groups in total. The topological polar surface area (TPSA) is 57.7 Å². The molecule has 2 aliphatic carbocycles. The molecule has 0 bridgehead atoms. The molecule has 4 rings (SSSR count). The van der Waals surface area contributed by atoms with E-state index in [9.17, 15) is 4.79 Å². The molecule has 0 radical (unpaired) electrons. The monoisotopic (exact) mass is 330 g/mol.